The number of aliphatic carboxylic acids is 1. The van der Waals surface area contributed by atoms with Gasteiger partial charge in [0.25, 0.3) is 0 Å². The van der Waals surface area contributed by atoms with Crippen LogP contribution in [0.15, 0.2) is 18.2 Å². The first kappa shape index (κ1) is 11.4. The second-order valence-electron chi connectivity index (χ2n) is 3.91. The van der Waals surface area contributed by atoms with Crippen molar-refractivity contribution in [2.75, 3.05) is 6.61 Å². The molecule has 1 atom stereocenters. The number of carboxylic acids is 1. The fourth-order valence-corrected chi connectivity index (χ4v) is 1.94. The summed E-state index contributed by atoms with van der Waals surface area (Å²) < 4.78 is 5.43. The van der Waals surface area contributed by atoms with Gasteiger partial charge in [-0.05, 0) is 5.56 Å². The van der Waals surface area contributed by atoms with Crippen LogP contribution in [-0.4, -0.2) is 23.6 Å². The first-order valence-corrected chi connectivity index (χ1v) is 5.34. The summed E-state index contributed by atoms with van der Waals surface area (Å²) in [6, 6.07) is 4.29. The maximum Gasteiger partial charge on any atom is 0.331 e. The summed E-state index contributed by atoms with van der Waals surface area (Å²) in [5, 5.41) is 11.5. The molecular formula is C12H13NO4. The molecule has 5 nitrogen and oxygen atoms in total. The Balaban J connectivity index is 2.40. The Labute approximate surface area is 98.4 Å². The summed E-state index contributed by atoms with van der Waals surface area (Å²) >= 11 is 0. The van der Waals surface area contributed by atoms with Crippen molar-refractivity contribution in [1.82, 2.24) is 5.32 Å². The molecule has 1 aromatic rings. The number of fused-ring (bicyclic) bond motifs is 1. The van der Waals surface area contributed by atoms with Gasteiger partial charge in [-0.15, -0.1) is 0 Å². The van der Waals surface area contributed by atoms with E-state index in [-0.39, 0.29) is 5.91 Å². The average Bonchev–Trinajstić information content (AvgIpc) is 2.73. The topological polar surface area (TPSA) is 75.6 Å². The number of rotatable bonds is 3. The van der Waals surface area contributed by atoms with E-state index >= 15 is 0 Å². The van der Waals surface area contributed by atoms with Crippen LogP contribution in [0.2, 0.25) is 0 Å². The maximum atomic E-state index is 11.2. The summed E-state index contributed by atoms with van der Waals surface area (Å²) in [5.41, 5.74) is 1.49. The molecule has 2 rings (SSSR count). The van der Waals surface area contributed by atoms with E-state index in [0.29, 0.717) is 17.9 Å². The van der Waals surface area contributed by atoms with Crippen molar-refractivity contribution in [3.05, 3.63) is 29.3 Å². The summed E-state index contributed by atoms with van der Waals surface area (Å²) in [6.07, 6.45) is 0.773. The lowest BCUT2D eigenvalue weighted by Gasteiger charge is -2.16. The molecule has 0 aliphatic carbocycles. The predicted octanol–water partition coefficient (Wildman–Crippen LogP) is 0.883. The van der Waals surface area contributed by atoms with Gasteiger partial charge in [-0.1, -0.05) is 18.2 Å². The Kier molecular flexibility index (Phi) is 2.99. The number of carbonyl (C=O) groups excluding carboxylic acids is 1. The largest absolute Gasteiger partial charge is 0.493 e. The van der Waals surface area contributed by atoms with Crippen LogP contribution in [0.5, 0.6) is 5.75 Å². The summed E-state index contributed by atoms with van der Waals surface area (Å²) in [4.78, 5) is 22.2. The first-order chi connectivity index (χ1) is 8.09. The van der Waals surface area contributed by atoms with Crippen LogP contribution in [-0.2, 0) is 16.0 Å². The highest BCUT2D eigenvalue weighted by molar-refractivity contribution is 5.84. The zero-order valence-corrected chi connectivity index (χ0v) is 9.40. The van der Waals surface area contributed by atoms with E-state index in [1.165, 1.54) is 6.92 Å². The number of amides is 1. The molecule has 0 spiro atoms. The lowest BCUT2D eigenvalue weighted by molar-refractivity contribution is -0.141. The molecule has 1 unspecified atom stereocenters. The van der Waals surface area contributed by atoms with Gasteiger partial charge in [0.2, 0.25) is 5.91 Å². The standard InChI is InChI=1S/C12H13NO4/c1-7(14)13-10(12(15)16)9-4-2-3-8-5-6-17-11(8)9/h2-4,10H,5-6H2,1H3,(H,13,14)(H,15,16). The molecular weight excluding hydrogens is 222 g/mol. The van der Waals surface area contributed by atoms with Crippen molar-refractivity contribution >= 4 is 11.9 Å². The Hall–Kier alpha value is -2.04. The van der Waals surface area contributed by atoms with E-state index in [1.54, 1.807) is 12.1 Å². The predicted molar refractivity (Wildman–Crippen MR) is 59.8 cm³/mol. The first-order valence-electron chi connectivity index (χ1n) is 5.34. The van der Waals surface area contributed by atoms with Crippen LogP contribution in [0, 0.1) is 0 Å². The second kappa shape index (κ2) is 4.45. The molecule has 0 radical (unpaired) electrons. The summed E-state index contributed by atoms with van der Waals surface area (Å²) in [5.74, 6) is -0.884. The van der Waals surface area contributed by atoms with Gasteiger partial charge in [0, 0.05) is 18.9 Å². The molecule has 1 amide bonds. The Morgan fingerprint density at radius 1 is 1.47 bits per heavy atom. The van der Waals surface area contributed by atoms with Gasteiger partial charge in [-0.3, -0.25) is 4.79 Å². The third kappa shape index (κ3) is 2.22. The van der Waals surface area contributed by atoms with Crippen molar-refractivity contribution in [2.24, 2.45) is 0 Å². The molecule has 1 heterocycles. The zero-order chi connectivity index (χ0) is 12.4. The molecule has 0 saturated carbocycles. The number of carboxylic acid groups (broad SMARTS) is 1. The average molecular weight is 235 g/mol. The van der Waals surface area contributed by atoms with Gasteiger partial charge in [0.15, 0.2) is 6.04 Å². The molecule has 0 fully saturated rings. The minimum atomic E-state index is -1.09. The number of hydrogen-bond acceptors (Lipinski definition) is 3. The van der Waals surface area contributed by atoms with Crippen LogP contribution >= 0.6 is 0 Å². The molecule has 1 aliphatic rings. The SMILES string of the molecule is CC(=O)NC(C(=O)O)c1cccc2c1OCC2. The second-order valence-corrected chi connectivity index (χ2v) is 3.91. The highest BCUT2D eigenvalue weighted by atomic mass is 16.5. The highest BCUT2D eigenvalue weighted by Crippen LogP contribution is 2.33. The Bertz CT molecular complexity index is 470. The van der Waals surface area contributed by atoms with Crippen molar-refractivity contribution in [2.45, 2.75) is 19.4 Å². The minimum absolute atomic E-state index is 0.381. The Morgan fingerprint density at radius 3 is 2.88 bits per heavy atom. The van der Waals surface area contributed by atoms with E-state index in [2.05, 4.69) is 5.32 Å². The van der Waals surface area contributed by atoms with Crippen LogP contribution in [0.25, 0.3) is 0 Å². The molecule has 1 aliphatic heterocycles. The zero-order valence-electron chi connectivity index (χ0n) is 9.40. The van der Waals surface area contributed by atoms with Gasteiger partial charge >= 0.3 is 5.97 Å². The Morgan fingerprint density at radius 2 is 2.24 bits per heavy atom. The minimum Gasteiger partial charge on any atom is -0.493 e. The number of benzene rings is 1. The van der Waals surface area contributed by atoms with E-state index in [9.17, 15) is 9.59 Å². The normalized spacial score (nSPS) is 14.6. The molecule has 90 valence electrons. The summed E-state index contributed by atoms with van der Waals surface area (Å²) in [6.45, 7) is 1.85. The number of para-hydroxylation sites is 1. The van der Waals surface area contributed by atoms with Gasteiger partial charge < -0.3 is 15.2 Å². The monoisotopic (exact) mass is 235 g/mol. The van der Waals surface area contributed by atoms with Gasteiger partial charge in [0.1, 0.15) is 5.75 Å². The third-order valence-corrected chi connectivity index (χ3v) is 2.65. The van der Waals surface area contributed by atoms with Crippen LogP contribution in [0.1, 0.15) is 24.1 Å². The lowest BCUT2D eigenvalue weighted by atomic mass is 10.0. The molecule has 0 aromatic heterocycles. The van der Waals surface area contributed by atoms with E-state index in [0.717, 1.165) is 12.0 Å². The van der Waals surface area contributed by atoms with Gasteiger partial charge in [-0.25, -0.2) is 4.79 Å². The van der Waals surface area contributed by atoms with Crippen molar-refractivity contribution in [3.63, 3.8) is 0 Å². The number of carbonyl (C=O) groups is 2. The van der Waals surface area contributed by atoms with Crippen LogP contribution in [0.4, 0.5) is 0 Å². The maximum absolute atomic E-state index is 11.2. The van der Waals surface area contributed by atoms with Crippen LogP contribution in [0.3, 0.4) is 0 Å². The van der Waals surface area contributed by atoms with Gasteiger partial charge in [0.05, 0.1) is 6.61 Å². The fourth-order valence-electron chi connectivity index (χ4n) is 1.94. The molecule has 1 aromatic carbocycles. The van der Waals surface area contributed by atoms with Crippen molar-refractivity contribution in [1.29, 1.82) is 0 Å². The summed E-state index contributed by atoms with van der Waals surface area (Å²) in [7, 11) is 0. The number of ether oxygens (including phenoxy) is 1. The molecule has 0 saturated heterocycles. The quantitative estimate of drug-likeness (QED) is 0.815. The van der Waals surface area contributed by atoms with E-state index in [4.69, 9.17) is 9.84 Å². The molecule has 0 bridgehead atoms. The number of hydrogen-bond donors (Lipinski definition) is 2. The van der Waals surface area contributed by atoms with E-state index in [1.807, 2.05) is 6.07 Å². The van der Waals surface area contributed by atoms with Crippen LogP contribution < -0.4 is 10.1 Å². The molecule has 2 N–H and O–H groups in total. The molecule has 17 heavy (non-hydrogen) atoms. The van der Waals surface area contributed by atoms with Crippen molar-refractivity contribution < 1.29 is 19.4 Å². The fraction of sp³-hybridized carbons (Fsp3) is 0.333. The third-order valence-electron chi connectivity index (χ3n) is 2.65. The highest BCUT2D eigenvalue weighted by Gasteiger charge is 2.27. The molecule has 5 heteroatoms. The van der Waals surface area contributed by atoms with E-state index < -0.39 is 12.0 Å². The van der Waals surface area contributed by atoms with Crippen molar-refractivity contribution in [3.8, 4) is 5.75 Å². The number of nitrogens with one attached hydrogen (secondary N) is 1. The smallest absolute Gasteiger partial charge is 0.331 e. The van der Waals surface area contributed by atoms with Gasteiger partial charge in [-0.2, -0.15) is 0 Å². The lowest BCUT2D eigenvalue weighted by Crippen LogP contribution is -2.32.